The lowest BCUT2D eigenvalue weighted by atomic mass is 10.1. The molecule has 0 aliphatic rings. The molecule has 0 bridgehead atoms. The van der Waals surface area contributed by atoms with E-state index in [1.165, 1.54) is 20.7 Å². The normalized spacial score (nSPS) is 11.7. The van der Waals surface area contributed by atoms with Crippen LogP contribution in [0.5, 0.6) is 0 Å². The first-order chi connectivity index (χ1) is 13.2. The van der Waals surface area contributed by atoms with Gasteiger partial charge in [0.05, 0.1) is 6.33 Å². The maximum absolute atomic E-state index is 5.98. The predicted molar refractivity (Wildman–Crippen MR) is 111 cm³/mol. The summed E-state index contributed by atoms with van der Waals surface area (Å²) in [7, 11) is 0. The second-order valence-corrected chi connectivity index (χ2v) is 8.38. The highest BCUT2D eigenvalue weighted by molar-refractivity contribution is 7.11. The van der Waals surface area contributed by atoms with Gasteiger partial charge >= 0.3 is 0 Å². The fourth-order valence-corrected chi connectivity index (χ4v) is 4.47. The summed E-state index contributed by atoms with van der Waals surface area (Å²) in [5.41, 5.74) is 2.29. The molecule has 5 heteroatoms. The summed E-state index contributed by atoms with van der Waals surface area (Å²) in [6.45, 7) is 8.16. The van der Waals surface area contributed by atoms with Crippen molar-refractivity contribution in [1.29, 1.82) is 0 Å². The first-order valence-corrected chi connectivity index (χ1v) is 10.2. The minimum atomic E-state index is 0.906. The number of hydrogen-bond donors (Lipinski definition) is 0. The topological polar surface area (TPSA) is 34.2 Å². The number of aryl methyl sites for hydroxylation is 3. The summed E-state index contributed by atoms with van der Waals surface area (Å²) >= 11 is 1.89. The Morgan fingerprint density at radius 2 is 2.00 bits per heavy atom. The summed E-state index contributed by atoms with van der Waals surface area (Å²) in [5, 5.41) is 1.23. The molecule has 4 nitrogen and oxygen atoms in total. The van der Waals surface area contributed by atoms with E-state index in [1.807, 2.05) is 36.1 Å². The smallest absolute Gasteiger partial charge is 0.134 e. The van der Waals surface area contributed by atoms with Crippen LogP contribution in [-0.4, -0.2) is 21.0 Å². The summed E-state index contributed by atoms with van der Waals surface area (Å²) in [6.07, 6.45) is 6.85. The van der Waals surface area contributed by atoms with E-state index in [4.69, 9.17) is 4.42 Å². The van der Waals surface area contributed by atoms with Crippen LogP contribution in [0.25, 0.3) is 11.0 Å². The quantitative estimate of drug-likeness (QED) is 0.411. The van der Waals surface area contributed by atoms with Crippen molar-refractivity contribution in [3.8, 4) is 0 Å². The Bertz CT molecular complexity index is 1000. The molecule has 140 valence electrons. The summed E-state index contributed by atoms with van der Waals surface area (Å²) in [5.74, 6) is 1.03. The Balaban J connectivity index is 1.51. The molecule has 0 aliphatic heterocycles. The average Bonchev–Trinajstić information content (AvgIpc) is 3.37. The highest BCUT2D eigenvalue weighted by Gasteiger charge is 2.15. The van der Waals surface area contributed by atoms with Crippen LogP contribution in [-0.2, 0) is 19.6 Å². The third-order valence-corrected chi connectivity index (χ3v) is 5.89. The van der Waals surface area contributed by atoms with Crippen LogP contribution < -0.4 is 0 Å². The third kappa shape index (κ3) is 4.31. The highest BCUT2D eigenvalue weighted by Crippen LogP contribution is 2.27. The zero-order chi connectivity index (χ0) is 18.6. The van der Waals surface area contributed by atoms with Crippen molar-refractivity contribution in [2.75, 3.05) is 6.54 Å². The van der Waals surface area contributed by atoms with Crippen LogP contribution in [0.1, 0.15) is 27.5 Å². The van der Waals surface area contributed by atoms with Gasteiger partial charge in [-0.2, -0.15) is 0 Å². The molecule has 1 aromatic carbocycles. The van der Waals surface area contributed by atoms with E-state index in [-0.39, 0.29) is 0 Å². The maximum atomic E-state index is 5.98. The Morgan fingerprint density at radius 3 is 2.78 bits per heavy atom. The number of benzene rings is 1. The maximum Gasteiger partial charge on any atom is 0.134 e. The fourth-order valence-electron chi connectivity index (χ4n) is 3.54. The number of rotatable bonds is 8. The molecule has 3 aromatic heterocycles. The van der Waals surface area contributed by atoms with Crippen molar-refractivity contribution in [3.63, 3.8) is 0 Å². The molecule has 0 N–H and O–H groups in total. The SMILES string of the molecule is Cc1ccc(CN(CCCn2ccnc2)Cc2c(C)oc3ccccc23)s1. The largest absolute Gasteiger partial charge is 0.461 e. The van der Waals surface area contributed by atoms with Gasteiger partial charge in [-0.15, -0.1) is 11.3 Å². The summed E-state index contributed by atoms with van der Waals surface area (Å²) < 4.78 is 8.13. The molecule has 0 atom stereocenters. The lowest BCUT2D eigenvalue weighted by Gasteiger charge is -2.22. The molecule has 0 unspecified atom stereocenters. The van der Waals surface area contributed by atoms with E-state index >= 15 is 0 Å². The third-order valence-electron chi connectivity index (χ3n) is 4.91. The number of fused-ring (bicyclic) bond motifs is 1. The van der Waals surface area contributed by atoms with E-state index in [2.05, 4.69) is 58.6 Å². The average molecular weight is 380 g/mol. The van der Waals surface area contributed by atoms with Crippen LogP contribution >= 0.6 is 11.3 Å². The van der Waals surface area contributed by atoms with Gasteiger partial charge in [-0.25, -0.2) is 4.98 Å². The molecule has 4 rings (SSSR count). The molecule has 0 saturated heterocycles. The number of thiophene rings is 1. The van der Waals surface area contributed by atoms with Gasteiger partial charge in [-0.3, -0.25) is 4.90 Å². The molecule has 0 fully saturated rings. The fraction of sp³-hybridized carbons (Fsp3) is 0.318. The zero-order valence-corrected chi connectivity index (χ0v) is 16.7. The van der Waals surface area contributed by atoms with Crippen molar-refractivity contribution in [2.24, 2.45) is 0 Å². The molecule has 3 heterocycles. The molecule has 27 heavy (non-hydrogen) atoms. The monoisotopic (exact) mass is 379 g/mol. The molecule has 0 amide bonds. The number of para-hydroxylation sites is 1. The number of nitrogens with zero attached hydrogens (tertiary/aromatic N) is 3. The Hall–Kier alpha value is -2.37. The van der Waals surface area contributed by atoms with Crippen LogP contribution in [0.15, 0.2) is 59.5 Å². The van der Waals surface area contributed by atoms with E-state index in [0.717, 1.165) is 43.9 Å². The van der Waals surface area contributed by atoms with Crippen LogP contribution in [0, 0.1) is 13.8 Å². The second kappa shape index (κ2) is 8.11. The van der Waals surface area contributed by atoms with Crippen molar-refractivity contribution in [3.05, 3.63) is 76.2 Å². The zero-order valence-electron chi connectivity index (χ0n) is 15.9. The van der Waals surface area contributed by atoms with Gasteiger partial charge in [0.2, 0.25) is 0 Å². The van der Waals surface area contributed by atoms with Crippen LogP contribution in [0.3, 0.4) is 0 Å². The predicted octanol–water partition coefficient (Wildman–Crippen LogP) is 5.40. The van der Waals surface area contributed by atoms with E-state index < -0.39 is 0 Å². The van der Waals surface area contributed by atoms with Gasteiger partial charge in [-0.05, 0) is 38.5 Å². The summed E-state index contributed by atoms with van der Waals surface area (Å²) in [6, 6.07) is 12.8. The Kier molecular flexibility index (Phi) is 5.41. The first-order valence-electron chi connectivity index (χ1n) is 9.39. The van der Waals surface area contributed by atoms with Gasteiger partial charge in [0, 0.05) is 59.3 Å². The number of hydrogen-bond acceptors (Lipinski definition) is 4. The molecule has 0 radical (unpaired) electrons. The Morgan fingerprint density at radius 1 is 1.11 bits per heavy atom. The Labute approximate surface area is 164 Å². The molecular formula is C22H25N3OS. The second-order valence-electron chi connectivity index (χ2n) is 7.01. The van der Waals surface area contributed by atoms with Gasteiger partial charge in [-0.1, -0.05) is 18.2 Å². The molecule has 0 aliphatic carbocycles. The lowest BCUT2D eigenvalue weighted by Crippen LogP contribution is -2.24. The van der Waals surface area contributed by atoms with Crippen LogP contribution in [0.2, 0.25) is 0 Å². The number of aromatic nitrogens is 2. The van der Waals surface area contributed by atoms with E-state index in [0.29, 0.717) is 0 Å². The van der Waals surface area contributed by atoms with Crippen molar-refractivity contribution < 1.29 is 4.42 Å². The molecule has 0 saturated carbocycles. The van der Waals surface area contributed by atoms with Crippen molar-refractivity contribution >= 4 is 22.3 Å². The van der Waals surface area contributed by atoms with Gasteiger partial charge < -0.3 is 8.98 Å². The standard InChI is InChI=1S/C22H25N3OS/c1-17-8-9-19(27-17)14-25(12-5-11-24-13-10-23-16-24)15-21-18(2)26-22-7-4-3-6-20(21)22/h3-4,6-10,13,16H,5,11-12,14-15H2,1-2H3. The van der Waals surface area contributed by atoms with Gasteiger partial charge in [0.25, 0.3) is 0 Å². The number of furan rings is 1. The minimum Gasteiger partial charge on any atom is -0.461 e. The molecular weight excluding hydrogens is 354 g/mol. The van der Waals surface area contributed by atoms with Crippen LogP contribution in [0.4, 0.5) is 0 Å². The summed E-state index contributed by atoms with van der Waals surface area (Å²) in [4.78, 5) is 9.46. The lowest BCUT2D eigenvalue weighted by molar-refractivity contribution is 0.250. The first kappa shape index (κ1) is 18.0. The molecule has 4 aromatic rings. The minimum absolute atomic E-state index is 0.906. The van der Waals surface area contributed by atoms with Crippen molar-refractivity contribution in [2.45, 2.75) is 39.9 Å². The van der Waals surface area contributed by atoms with E-state index in [9.17, 15) is 0 Å². The van der Waals surface area contributed by atoms with Gasteiger partial charge in [0.1, 0.15) is 11.3 Å². The number of imidazole rings is 1. The molecule has 0 spiro atoms. The van der Waals surface area contributed by atoms with Gasteiger partial charge in [0.15, 0.2) is 0 Å². The van der Waals surface area contributed by atoms with E-state index in [1.54, 1.807) is 0 Å². The highest BCUT2D eigenvalue weighted by atomic mass is 32.1. The van der Waals surface area contributed by atoms with Crippen molar-refractivity contribution in [1.82, 2.24) is 14.5 Å².